The van der Waals surface area contributed by atoms with Crippen molar-refractivity contribution in [2.75, 3.05) is 12.4 Å². The van der Waals surface area contributed by atoms with Crippen LogP contribution < -0.4 is 5.32 Å². The van der Waals surface area contributed by atoms with E-state index in [-0.39, 0.29) is 5.91 Å². The van der Waals surface area contributed by atoms with Gasteiger partial charge in [0.2, 0.25) is 0 Å². The number of hydrogen-bond donors (Lipinski definition) is 1. The molecule has 1 amide bonds. The number of hydrogen-bond acceptors (Lipinski definition) is 5. The fourth-order valence-electron chi connectivity index (χ4n) is 3.05. The van der Waals surface area contributed by atoms with Crippen LogP contribution in [-0.4, -0.2) is 28.8 Å². The van der Waals surface area contributed by atoms with Crippen LogP contribution in [0.2, 0.25) is 0 Å². The second-order valence-corrected chi connectivity index (χ2v) is 8.79. The molecule has 2 heterocycles. The maximum Gasteiger partial charge on any atom is 0.341 e. The Morgan fingerprint density at radius 3 is 2.59 bits per heavy atom. The number of benzene rings is 1. The predicted octanol–water partition coefficient (Wildman–Crippen LogP) is 5.03. The number of rotatable bonds is 5. The van der Waals surface area contributed by atoms with Crippen LogP contribution in [0.5, 0.6) is 0 Å². The lowest BCUT2D eigenvalue weighted by molar-refractivity contribution is 0.0601. The molecule has 1 aromatic carbocycles. The Bertz CT molecular complexity index is 1100. The summed E-state index contributed by atoms with van der Waals surface area (Å²) in [6.45, 7) is 8.26. The van der Waals surface area contributed by atoms with Gasteiger partial charge in [0.15, 0.2) is 0 Å². The summed E-state index contributed by atoms with van der Waals surface area (Å²) in [6, 6.07) is 7.39. The number of aryl methyl sites for hydroxylation is 2. The molecule has 0 bridgehead atoms. The molecule has 2 aromatic heterocycles. The second kappa shape index (κ2) is 8.51. The molecule has 0 unspecified atom stereocenters. The van der Waals surface area contributed by atoms with Crippen molar-refractivity contribution in [3.05, 3.63) is 67.3 Å². The molecule has 29 heavy (non-hydrogen) atoms. The number of nitrogens with one attached hydrogen (secondary N) is 1. The van der Waals surface area contributed by atoms with Crippen molar-refractivity contribution in [3.63, 3.8) is 0 Å². The van der Waals surface area contributed by atoms with Gasteiger partial charge in [-0.1, -0.05) is 12.1 Å². The summed E-state index contributed by atoms with van der Waals surface area (Å²) in [5.41, 5.74) is 4.66. The van der Waals surface area contributed by atoms with Crippen molar-refractivity contribution < 1.29 is 14.3 Å². The lowest BCUT2D eigenvalue weighted by Crippen LogP contribution is -2.15. The maximum absolute atomic E-state index is 12.8. The number of thiophene rings is 1. The summed E-state index contributed by atoms with van der Waals surface area (Å²) in [5, 5.41) is 7.89. The Kier molecular flexibility index (Phi) is 6.24. The molecule has 0 atom stereocenters. The van der Waals surface area contributed by atoms with Crippen LogP contribution in [0.15, 0.2) is 28.7 Å². The predicted molar refractivity (Wildman–Crippen MR) is 118 cm³/mol. The van der Waals surface area contributed by atoms with Crippen LogP contribution in [-0.2, 0) is 11.3 Å². The van der Waals surface area contributed by atoms with Crippen LogP contribution in [0.1, 0.15) is 48.1 Å². The van der Waals surface area contributed by atoms with Gasteiger partial charge in [0.1, 0.15) is 5.00 Å². The fraction of sp³-hybridized carbons (Fsp3) is 0.286. The lowest BCUT2D eigenvalue weighted by atomic mass is 10.1. The molecule has 3 rings (SSSR count). The summed E-state index contributed by atoms with van der Waals surface area (Å²) >= 11 is 4.90. The lowest BCUT2D eigenvalue weighted by Gasteiger charge is -2.09. The summed E-state index contributed by atoms with van der Waals surface area (Å²) in [7, 11) is 1.33. The van der Waals surface area contributed by atoms with Crippen molar-refractivity contribution >= 4 is 44.1 Å². The van der Waals surface area contributed by atoms with Gasteiger partial charge < -0.3 is 10.1 Å². The van der Waals surface area contributed by atoms with Crippen molar-refractivity contribution in [2.45, 2.75) is 34.2 Å². The van der Waals surface area contributed by atoms with Crippen molar-refractivity contribution in [3.8, 4) is 0 Å². The van der Waals surface area contributed by atoms with Crippen LogP contribution in [0.25, 0.3) is 0 Å². The molecule has 0 aliphatic carbocycles. The highest BCUT2D eigenvalue weighted by molar-refractivity contribution is 9.10. The van der Waals surface area contributed by atoms with E-state index in [1.807, 2.05) is 50.6 Å². The van der Waals surface area contributed by atoms with Gasteiger partial charge in [-0.15, -0.1) is 11.3 Å². The number of esters is 1. The molecule has 0 fully saturated rings. The Morgan fingerprint density at radius 1 is 1.24 bits per heavy atom. The summed E-state index contributed by atoms with van der Waals surface area (Å²) in [6.07, 6.45) is 0. The van der Waals surface area contributed by atoms with Gasteiger partial charge in [0, 0.05) is 10.4 Å². The highest BCUT2D eigenvalue weighted by Gasteiger charge is 2.22. The molecule has 8 heteroatoms. The van der Waals surface area contributed by atoms with Crippen molar-refractivity contribution in [1.82, 2.24) is 9.78 Å². The van der Waals surface area contributed by atoms with E-state index in [0.29, 0.717) is 22.7 Å². The van der Waals surface area contributed by atoms with Gasteiger partial charge in [0.25, 0.3) is 5.91 Å². The monoisotopic (exact) mass is 475 g/mol. The molecular formula is C21H22BrN3O3S. The van der Waals surface area contributed by atoms with Gasteiger partial charge in [-0.05, 0) is 66.9 Å². The van der Waals surface area contributed by atoms with E-state index in [0.717, 1.165) is 31.9 Å². The van der Waals surface area contributed by atoms with Crippen molar-refractivity contribution in [1.29, 1.82) is 0 Å². The van der Waals surface area contributed by atoms with E-state index in [2.05, 4.69) is 26.3 Å². The molecule has 0 aliphatic heterocycles. The van der Waals surface area contributed by atoms with E-state index in [9.17, 15) is 9.59 Å². The van der Waals surface area contributed by atoms with Crippen molar-refractivity contribution in [2.24, 2.45) is 0 Å². The van der Waals surface area contributed by atoms with E-state index in [1.54, 1.807) is 6.07 Å². The number of methoxy groups -OCH3 is 1. The molecule has 3 aromatic rings. The Hall–Kier alpha value is -2.45. The zero-order chi connectivity index (χ0) is 21.3. The Morgan fingerprint density at radius 2 is 1.97 bits per heavy atom. The first-order valence-corrected chi connectivity index (χ1v) is 10.6. The van der Waals surface area contributed by atoms with Gasteiger partial charge in [-0.2, -0.15) is 5.10 Å². The first-order valence-electron chi connectivity index (χ1n) is 9.01. The minimum Gasteiger partial charge on any atom is -0.465 e. The number of aromatic nitrogens is 2. The van der Waals surface area contributed by atoms with Gasteiger partial charge in [0.05, 0.1) is 35.1 Å². The number of ether oxygens (including phenoxy) is 1. The number of nitrogens with zero attached hydrogens (tertiary/aromatic N) is 2. The number of carbonyl (C=O) groups excluding carboxylic acids is 2. The molecule has 0 spiro atoms. The molecule has 0 saturated heterocycles. The SMILES string of the molecule is COC(=O)c1c(NC(=O)c2cccc(Cn3nc(C)c(Br)c3C)c2)sc(C)c1C. The normalized spacial score (nSPS) is 10.8. The maximum atomic E-state index is 12.8. The second-order valence-electron chi connectivity index (χ2n) is 6.78. The number of carbonyl (C=O) groups is 2. The summed E-state index contributed by atoms with van der Waals surface area (Å²) in [5.74, 6) is -0.723. The van der Waals surface area contributed by atoms with Crippen LogP contribution >= 0.6 is 27.3 Å². The van der Waals surface area contributed by atoms with E-state index in [1.165, 1.54) is 18.4 Å². The third-order valence-corrected chi connectivity index (χ3v) is 7.09. The molecule has 6 nitrogen and oxygen atoms in total. The molecule has 0 radical (unpaired) electrons. The minimum absolute atomic E-state index is 0.271. The molecule has 152 valence electrons. The average molecular weight is 476 g/mol. The molecule has 1 N–H and O–H groups in total. The van der Waals surface area contributed by atoms with Crippen LogP contribution in [0.3, 0.4) is 0 Å². The highest BCUT2D eigenvalue weighted by atomic mass is 79.9. The molecule has 0 aliphatic rings. The van der Waals surface area contributed by atoms with Gasteiger partial charge in [-0.3, -0.25) is 9.48 Å². The standard InChI is InChI=1S/C21H22BrN3O3S/c1-11-14(4)29-20(17(11)21(27)28-5)23-19(26)16-8-6-7-15(9-16)10-25-13(3)18(22)12(2)24-25/h6-9H,10H2,1-5H3,(H,23,26). The molecule has 0 saturated carbocycles. The van der Waals surface area contributed by atoms with E-state index in [4.69, 9.17) is 4.74 Å². The van der Waals surface area contributed by atoms with Gasteiger partial charge in [-0.25, -0.2) is 4.79 Å². The third kappa shape index (κ3) is 4.28. The first kappa shape index (κ1) is 21.3. The quantitative estimate of drug-likeness (QED) is 0.525. The third-order valence-electron chi connectivity index (χ3n) is 4.82. The average Bonchev–Trinajstić information content (AvgIpc) is 3.11. The largest absolute Gasteiger partial charge is 0.465 e. The summed E-state index contributed by atoms with van der Waals surface area (Å²) in [4.78, 5) is 25.9. The van der Waals surface area contributed by atoms with Crippen LogP contribution in [0.4, 0.5) is 5.00 Å². The Balaban J connectivity index is 1.84. The number of anilines is 1. The summed E-state index contributed by atoms with van der Waals surface area (Å²) < 4.78 is 7.76. The zero-order valence-electron chi connectivity index (χ0n) is 16.9. The number of halogens is 1. The zero-order valence-corrected chi connectivity index (χ0v) is 19.3. The molecular weight excluding hydrogens is 454 g/mol. The minimum atomic E-state index is -0.453. The van der Waals surface area contributed by atoms with E-state index >= 15 is 0 Å². The van der Waals surface area contributed by atoms with E-state index < -0.39 is 5.97 Å². The number of amides is 1. The smallest absolute Gasteiger partial charge is 0.341 e. The van der Waals surface area contributed by atoms with Crippen LogP contribution in [0, 0.1) is 27.7 Å². The fourth-order valence-corrected chi connectivity index (χ4v) is 4.38. The first-order chi connectivity index (χ1) is 13.7. The topological polar surface area (TPSA) is 73.2 Å². The van der Waals surface area contributed by atoms with Gasteiger partial charge >= 0.3 is 5.97 Å². The highest BCUT2D eigenvalue weighted by Crippen LogP contribution is 2.33. The Labute approximate surface area is 182 Å².